The number of alkyl halides is 1. The lowest BCUT2D eigenvalue weighted by molar-refractivity contribution is -0.130. The van der Waals surface area contributed by atoms with Crippen molar-refractivity contribution in [3.05, 3.63) is 0 Å². The number of carbonyl (C=O) groups is 1. The maximum atomic E-state index is 11.0. The zero-order valence-electron chi connectivity index (χ0n) is 5.81. The number of Topliss-reactive ketones (excluding diaryl/α,β-unsaturated/α-hetero) is 1. The van der Waals surface area contributed by atoms with Crippen LogP contribution in [0.25, 0.3) is 0 Å². The minimum atomic E-state index is -0.117. The number of hydrogen-bond acceptors (Lipinski definition) is 2. The van der Waals surface area contributed by atoms with Crippen LogP contribution in [0.1, 0.15) is 19.3 Å². The fourth-order valence-electron chi connectivity index (χ4n) is 1.08. The summed E-state index contributed by atoms with van der Waals surface area (Å²) in [7, 11) is 0. The van der Waals surface area contributed by atoms with Gasteiger partial charge in [-0.05, 0) is 19.3 Å². The number of hydrogen-bond donors (Lipinski definition) is 0. The largest absolute Gasteiger partial charge is 0.370 e. The van der Waals surface area contributed by atoms with Gasteiger partial charge in [-0.1, -0.05) is 15.9 Å². The first-order valence-electron chi connectivity index (χ1n) is 3.55. The van der Waals surface area contributed by atoms with E-state index in [1.807, 2.05) is 0 Å². The van der Waals surface area contributed by atoms with Gasteiger partial charge in [0.15, 0.2) is 5.78 Å². The Balaban J connectivity index is 2.31. The maximum Gasteiger partial charge on any atom is 0.172 e. The molecule has 0 N–H and O–H groups in total. The van der Waals surface area contributed by atoms with Gasteiger partial charge in [-0.2, -0.15) is 0 Å². The molecule has 10 heavy (non-hydrogen) atoms. The van der Waals surface area contributed by atoms with Gasteiger partial charge >= 0.3 is 0 Å². The Morgan fingerprint density at radius 2 is 2.40 bits per heavy atom. The Morgan fingerprint density at radius 1 is 1.60 bits per heavy atom. The van der Waals surface area contributed by atoms with Crippen molar-refractivity contribution >= 4 is 21.7 Å². The zero-order valence-corrected chi connectivity index (χ0v) is 7.39. The topological polar surface area (TPSA) is 26.3 Å². The van der Waals surface area contributed by atoms with Crippen LogP contribution in [0, 0.1) is 0 Å². The van der Waals surface area contributed by atoms with Gasteiger partial charge in [0.1, 0.15) is 6.10 Å². The second kappa shape index (κ2) is 4.09. The molecule has 1 aliphatic heterocycles. The molecule has 1 aliphatic rings. The number of ether oxygens (including phenoxy) is 1. The first-order chi connectivity index (χ1) is 4.84. The molecule has 1 atom stereocenters. The van der Waals surface area contributed by atoms with E-state index in [0.717, 1.165) is 25.9 Å². The number of carbonyl (C=O) groups excluding carboxylic acids is 1. The van der Waals surface area contributed by atoms with Gasteiger partial charge in [-0.3, -0.25) is 4.79 Å². The summed E-state index contributed by atoms with van der Waals surface area (Å²) in [6.45, 7) is 0.753. The van der Waals surface area contributed by atoms with Gasteiger partial charge in [0.05, 0.1) is 5.33 Å². The number of ketones is 1. The quantitative estimate of drug-likeness (QED) is 0.641. The summed E-state index contributed by atoms with van der Waals surface area (Å²) in [6.07, 6.45) is 3.02. The predicted octanol–water partition coefficient (Wildman–Crippen LogP) is 1.52. The molecule has 2 nitrogen and oxygen atoms in total. The van der Waals surface area contributed by atoms with Crippen molar-refractivity contribution in [2.45, 2.75) is 25.4 Å². The SMILES string of the molecule is O=C(CBr)C1CCCCO1. The molecule has 0 aromatic carbocycles. The predicted molar refractivity (Wildman–Crippen MR) is 42.4 cm³/mol. The minimum absolute atomic E-state index is 0.117. The molecule has 0 saturated carbocycles. The zero-order chi connectivity index (χ0) is 7.40. The lowest BCUT2D eigenvalue weighted by atomic mass is 10.1. The highest BCUT2D eigenvalue weighted by Crippen LogP contribution is 2.13. The molecule has 0 aliphatic carbocycles. The van der Waals surface area contributed by atoms with Crippen LogP contribution in [0.5, 0.6) is 0 Å². The van der Waals surface area contributed by atoms with Crippen molar-refractivity contribution < 1.29 is 9.53 Å². The van der Waals surface area contributed by atoms with Crippen LogP contribution >= 0.6 is 15.9 Å². The van der Waals surface area contributed by atoms with Gasteiger partial charge in [0.25, 0.3) is 0 Å². The van der Waals surface area contributed by atoms with Gasteiger partial charge in [0.2, 0.25) is 0 Å². The van der Waals surface area contributed by atoms with E-state index in [2.05, 4.69) is 15.9 Å². The highest BCUT2D eigenvalue weighted by Gasteiger charge is 2.19. The van der Waals surface area contributed by atoms with E-state index in [1.54, 1.807) is 0 Å². The van der Waals surface area contributed by atoms with Crippen molar-refractivity contribution in [2.75, 3.05) is 11.9 Å². The molecule has 0 radical (unpaired) electrons. The third-order valence-electron chi connectivity index (χ3n) is 1.67. The first-order valence-corrected chi connectivity index (χ1v) is 4.67. The van der Waals surface area contributed by atoms with Crippen LogP contribution < -0.4 is 0 Å². The molecule has 1 fully saturated rings. The summed E-state index contributed by atoms with van der Waals surface area (Å²) in [5, 5.41) is 0.428. The Morgan fingerprint density at radius 3 is 2.90 bits per heavy atom. The Kier molecular flexibility index (Phi) is 3.35. The Labute approximate surface area is 69.1 Å². The molecule has 1 heterocycles. The average Bonchev–Trinajstić information content (AvgIpc) is 2.05. The Hall–Kier alpha value is 0.110. The molecule has 58 valence electrons. The van der Waals surface area contributed by atoms with Gasteiger partial charge in [0, 0.05) is 6.61 Å². The molecule has 0 amide bonds. The summed E-state index contributed by atoms with van der Waals surface area (Å²) in [6, 6.07) is 0. The molecule has 0 aromatic heterocycles. The third-order valence-corrected chi connectivity index (χ3v) is 2.22. The van der Waals surface area contributed by atoms with Crippen molar-refractivity contribution in [2.24, 2.45) is 0 Å². The number of halogens is 1. The molecule has 3 heteroatoms. The molecular formula is C7H11BrO2. The number of rotatable bonds is 2. The first kappa shape index (κ1) is 8.21. The maximum absolute atomic E-state index is 11.0. The van der Waals surface area contributed by atoms with Crippen LogP contribution in [0.4, 0.5) is 0 Å². The van der Waals surface area contributed by atoms with Gasteiger partial charge in [-0.25, -0.2) is 0 Å². The van der Waals surface area contributed by atoms with E-state index >= 15 is 0 Å². The van der Waals surface area contributed by atoms with Crippen molar-refractivity contribution in [3.8, 4) is 0 Å². The van der Waals surface area contributed by atoms with E-state index in [1.165, 1.54) is 0 Å². The monoisotopic (exact) mass is 206 g/mol. The highest BCUT2D eigenvalue weighted by atomic mass is 79.9. The van der Waals surface area contributed by atoms with Crippen molar-refractivity contribution in [3.63, 3.8) is 0 Å². The summed E-state index contributed by atoms with van der Waals surface area (Å²) in [4.78, 5) is 11.0. The Bertz CT molecular complexity index is 119. The summed E-state index contributed by atoms with van der Waals surface area (Å²) < 4.78 is 5.25. The van der Waals surface area contributed by atoms with Gasteiger partial charge in [-0.15, -0.1) is 0 Å². The van der Waals surface area contributed by atoms with E-state index in [-0.39, 0.29) is 11.9 Å². The summed E-state index contributed by atoms with van der Waals surface area (Å²) >= 11 is 3.12. The highest BCUT2D eigenvalue weighted by molar-refractivity contribution is 9.09. The second-order valence-electron chi connectivity index (χ2n) is 2.46. The second-order valence-corrected chi connectivity index (χ2v) is 3.02. The average molecular weight is 207 g/mol. The minimum Gasteiger partial charge on any atom is -0.370 e. The third kappa shape index (κ3) is 2.06. The van der Waals surface area contributed by atoms with E-state index < -0.39 is 0 Å². The standard InChI is InChI=1S/C7H11BrO2/c8-5-6(9)7-3-1-2-4-10-7/h7H,1-5H2. The van der Waals surface area contributed by atoms with Crippen LogP contribution in [0.3, 0.4) is 0 Å². The molecule has 1 rings (SSSR count). The molecule has 0 spiro atoms. The lowest BCUT2D eigenvalue weighted by Crippen LogP contribution is -2.28. The molecule has 1 saturated heterocycles. The van der Waals surface area contributed by atoms with Crippen molar-refractivity contribution in [1.82, 2.24) is 0 Å². The molecule has 0 aromatic rings. The van der Waals surface area contributed by atoms with E-state index in [9.17, 15) is 4.79 Å². The summed E-state index contributed by atoms with van der Waals surface area (Å²) in [5.74, 6) is 0.180. The van der Waals surface area contributed by atoms with E-state index in [0.29, 0.717) is 5.33 Å². The fraction of sp³-hybridized carbons (Fsp3) is 0.857. The summed E-state index contributed by atoms with van der Waals surface area (Å²) in [5.41, 5.74) is 0. The van der Waals surface area contributed by atoms with Crippen LogP contribution in [0.2, 0.25) is 0 Å². The van der Waals surface area contributed by atoms with Crippen molar-refractivity contribution in [1.29, 1.82) is 0 Å². The molecular weight excluding hydrogens is 196 g/mol. The lowest BCUT2D eigenvalue weighted by Gasteiger charge is -2.20. The van der Waals surface area contributed by atoms with Crippen LogP contribution in [-0.2, 0) is 9.53 Å². The van der Waals surface area contributed by atoms with Gasteiger partial charge < -0.3 is 4.74 Å². The molecule has 1 unspecified atom stereocenters. The fourth-order valence-corrected chi connectivity index (χ4v) is 1.44. The smallest absolute Gasteiger partial charge is 0.172 e. The van der Waals surface area contributed by atoms with E-state index in [4.69, 9.17) is 4.74 Å². The van der Waals surface area contributed by atoms with Crippen LogP contribution in [0.15, 0.2) is 0 Å². The molecule has 0 bridgehead atoms. The van der Waals surface area contributed by atoms with Crippen LogP contribution in [-0.4, -0.2) is 23.8 Å². The normalized spacial score (nSPS) is 26.3.